The maximum absolute atomic E-state index is 11.1. The Morgan fingerprint density at radius 3 is 1.83 bits per heavy atom. The normalized spacial score (nSPS) is 14.2. The second kappa shape index (κ2) is 16.1. The van der Waals surface area contributed by atoms with Crippen molar-refractivity contribution in [3.63, 3.8) is 0 Å². The van der Waals surface area contributed by atoms with E-state index in [0.29, 0.717) is 0 Å². The molecule has 0 radical (unpaired) electrons. The fourth-order valence-electron chi connectivity index (χ4n) is 3.01. The Bertz CT molecular complexity index is 343. The maximum Gasteiger partial charge on any atom is 0.332 e. The van der Waals surface area contributed by atoms with Crippen LogP contribution in [0.25, 0.3) is 0 Å². The summed E-state index contributed by atoms with van der Waals surface area (Å²) in [5.41, 5.74) is 1.11. The molecule has 0 aliphatic heterocycles. The van der Waals surface area contributed by atoms with Crippen molar-refractivity contribution >= 4 is 15.4 Å². The lowest BCUT2D eigenvalue weighted by Gasteiger charge is -2.15. The van der Waals surface area contributed by atoms with E-state index in [9.17, 15) is 4.79 Å². The van der Waals surface area contributed by atoms with Crippen LogP contribution >= 0.6 is 9.47 Å². The molecule has 0 spiro atoms. The predicted octanol–water partition coefficient (Wildman–Crippen LogP) is 6.87. The fraction of sp³-hybridized carbons (Fsp3) is 0.850. The molecule has 1 unspecified atom stereocenters. The highest BCUT2D eigenvalue weighted by Gasteiger charge is 2.07. The Morgan fingerprint density at radius 2 is 1.38 bits per heavy atom. The highest BCUT2D eigenvalue weighted by molar-refractivity contribution is 7.10. The third-order valence-electron chi connectivity index (χ3n) is 4.62. The molecule has 4 heteroatoms. The van der Waals surface area contributed by atoms with E-state index in [1.165, 1.54) is 44.9 Å². The summed E-state index contributed by atoms with van der Waals surface area (Å²) in [6, 6.07) is 0. The summed E-state index contributed by atoms with van der Waals surface area (Å²) in [6.07, 6.45) is 13.2. The average Bonchev–Trinajstić information content (AvgIpc) is 2.46. The first-order valence-corrected chi connectivity index (χ1v) is 9.90. The van der Waals surface area contributed by atoms with Crippen LogP contribution in [0.2, 0.25) is 0 Å². The van der Waals surface area contributed by atoms with Crippen molar-refractivity contribution in [2.24, 2.45) is 17.8 Å². The summed E-state index contributed by atoms with van der Waals surface area (Å²) in [5.74, 6) is 2.24. The Morgan fingerprint density at radius 1 is 0.917 bits per heavy atom. The van der Waals surface area contributed by atoms with Crippen molar-refractivity contribution in [1.82, 2.24) is 6.15 Å². The smallest absolute Gasteiger partial charge is 0.332 e. The van der Waals surface area contributed by atoms with Gasteiger partial charge < -0.3 is 10.7 Å². The highest BCUT2D eigenvalue weighted by Crippen LogP contribution is 2.22. The molecule has 0 aromatic rings. The summed E-state index contributed by atoms with van der Waals surface area (Å²) < 4.78 is 4.57. The van der Waals surface area contributed by atoms with Gasteiger partial charge in [-0.1, -0.05) is 78.2 Å². The average molecular weight is 360 g/mol. The molecule has 0 aliphatic carbocycles. The lowest BCUT2D eigenvalue weighted by Crippen LogP contribution is -2.00. The minimum atomic E-state index is -0.271. The van der Waals surface area contributed by atoms with Gasteiger partial charge >= 0.3 is 5.97 Å². The first-order chi connectivity index (χ1) is 10.8. The van der Waals surface area contributed by atoms with Gasteiger partial charge in [0.2, 0.25) is 0 Å². The van der Waals surface area contributed by atoms with Crippen LogP contribution in [0.3, 0.4) is 0 Å². The van der Waals surface area contributed by atoms with E-state index in [4.69, 9.17) is 0 Å². The van der Waals surface area contributed by atoms with Crippen LogP contribution in [0.5, 0.6) is 0 Å². The summed E-state index contributed by atoms with van der Waals surface area (Å²) in [7, 11) is 2.00. The summed E-state index contributed by atoms with van der Waals surface area (Å²) in [5, 5.41) is 0. The molecule has 0 aliphatic rings. The van der Waals surface area contributed by atoms with Crippen molar-refractivity contribution in [2.45, 2.75) is 92.4 Å². The lowest BCUT2D eigenvalue weighted by molar-refractivity contribution is -0.127. The third-order valence-corrected chi connectivity index (χ3v) is 4.85. The summed E-state index contributed by atoms with van der Waals surface area (Å²) in [4.78, 5) is 11.1. The van der Waals surface area contributed by atoms with E-state index < -0.39 is 0 Å². The zero-order valence-corrected chi connectivity index (χ0v) is 17.9. The molecule has 0 aromatic heterocycles. The summed E-state index contributed by atoms with van der Waals surface area (Å²) >= 11 is 0. The van der Waals surface area contributed by atoms with Crippen molar-refractivity contribution in [3.8, 4) is 0 Å². The number of carbonyl (C=O) groups excluding carboxylic acids is 1. The van der Waals surface area contributed by atoms with Gasteiger partial charge in [0.05, 0.1) is 9.47 Å². The van der Waals surface area contributed by atoms with Gasteiger partial charge in [-0.2, -0.15) is 0 Å². The maximum atomic E-state index is 11.1. The molecule has 0 bridgehead atoms. The molecule has 3 atom stereocenters. The van der Waals surface area contributed by atoms with E-state index in [2.05, 4.69) is 32.2 Å². The summed E-state index contributed by atoms with van der Waals surface area (Å²) in [6.45, 7) is 11.4. The first-order valence-electron chi connectivity index (χ1n) is 9.43. The molecule has 0 fully saturated rings. The number of hydrogen-bond acceptors (Lipinski definition) is 3. The van der Waals surface area contributed by atoms with Crippen LogP contribution in [0.4, 0.5) is 0 Å². The molecular weight excluding hydrogens is 317 g/mol. The molecule has 0 saturated heterocycles. The van der Waals surface area contributed by atoms with Crippen LogP contribution in [-0.4, -0.2) is 5.97 Å². The number of allylic oxidation sites excluding steroid dienone is 1. The van der Waals surface area contributed by atoms with Gasteiger partial charge in [0.15, 0.2) is 0 Å². The first kappa shape index (κ1) is 25.8. The van der Waals surface area contributed by atoms with E-state index in [0.717, 1.165) is 36.2 Å². The van der Waals surface area contributed by atoms with Crippen LogP contribution in [-0.2, 0) is 9.32 Å². The van der Waals surface area contributed by atoms with Crippen molar-refractivity contribution in [3.05, 3.63) is 11.6 Å². The Labute approximate surface area is 153 Å². The minimum Gasteiger partial charge on any atom is -0.448 e. The molecule has 0 saturated carbocycles. The van der Waals surface area contributed by atoms with Gasteiger partial charge in [0, 0.05) is 6.08 Å². The molecule has 3 N–H and O–H groups in total. The Balaban J connectivity index is 0. The van der Waals surface area contributed by atoms with Gasteiger partial charge in [0.25, 0.3) is 0 Å². The monoisotopic (exact) mass is 359 g/mol. The zero-order chi connectivity index (χ0) is 17.7. The quantitative estimate of drug-likeness (QED) is 0.288. The third kappa shape index (κ3) is 16.5. The highest BCUT2D eigenvalue weighted by atomic mass is 31.0. The van der Waals surface area contributed by atoms with Crippen molar-refractivity contribution < 1.29 is 9.32 Å². The van der Waals surface area contributed by atoms with E-state index in [1.54, 1.807) is 6.08 Å². The lowest BCUT2D eigenvalue weighted by atomic mass is 9.91. The zero-order valence-electron chi connectivity index (χ0n) is 16.8. The number of carbonyl (C=O) groups is 1. The van der Waals surface area contributed by atoms with Gasteiger partial charge in [-0.15, -0.1) is 0 Å². The molecule has 24 heavy (non-hydrogen) atoms. The van der Waals surface area contributed by atoms with Crippen molar-refractivity contribution in [1.29, 1.82) is 0 Å². The molecule has 0 rings (SSSR count). The van der Waals surface area contributed by atoms with E-state index in [-0.39, 0.29) is 12.1 Å². The molecule has 0 heterocycles. The molecule has 0 amide bonds. The standard InChI is InChI=1S/C20H39O2P.H3N/c1-16(2)9-6-10-17(3)11-7-12-18(4)13-8-14-19(5)15-20(21)22-23;/h15-18H,6-14,23H2,1-5H3;1H3/b19-15+;/t17-,18-;/m1./s1. The largest absolute Gasteiger partial charge is 0.448 e. The van der Waals surface area contributed by atoms with Crippen molar-refractivity contribution in [2.75, 3.05) is 0 Å². The second-order valence-corrected chi connectivity index (χ2v) is 8.02. The van der Waals surface area contributed by atoms with Gasteiger partial charge in [-0.25, -0.2) is 4.79 Å². The molecule has 144 valence electrons. The van der Waals surface area contributed by atoms with Crippen LogP contribution in [0.1, 0.15) is 92.4 Å². The van der Waals surface area contributed by atoms with E-state index >= 15 is 0 Å². The Hall–Kier alpha value is -0.400. The topological polar surface area (TPSA) is 61.3 Å². The Kier molecular flexibility index (Phi) is 17.3. The predicted molar refractivity (Wildman–Crippen MR) is 109 cm³/mol. The van der Waals surface area contributed by atoms with Gasteiger partial charge in [0.1, 0.15) is 0 Å². The fourth-order valence-corrected chi connectivity index (χ4v) is 3.08. The molecular formula is C20H42NO2P. The van der Waals surface area contributed by atoms with Crippen LogP contribution < -0.4 is 6.15 Å². The molecule has 0 aromatic carbocycles. The van der Waals surface area contributed by atoms with E-state index in [1.807, 2.05) is 16.4 Å². The van der Waals surface area contributed by atoms with Crippen LogP contribution in [0.15, 0.2) is 11.6 Å². The minimum absolute atomic E-state index is 0. The molecule has 3 nitrogen and oxygen atoms in total. The SMILES string of the molecule is C/C(=C\C(=O)OP)CCC[C@H](C)CCC[C@H](C)CCCC(C)C.N. The number of hydrogen-bond donors (Lipinski definition) is 1. The van der Waals surface area contributed by atoms with Gasteiger partial charge in [-0.3, -0.25) is 0 Å². The van der Waals surface area contributed by atoms with Crippen LogP contribution in [0, 0.1) is 17.8 Å². The number of rotatable bonds is 13. The van der Waals surface area contributed by atoms with Gasteiger partial charge in [-0.05, 0) is 37.5 Å². The second-order valence-electron chi connectivity index (χ2n) is 7.79.